The summed E-state index contributed by atoms with van der Waals surface area (Å²) in [5, 5.41) is 15.3. The Labute approximate surface area is 158 Å². The fraction of sp³-hybridized carbons (Fsp3) is 0.706. The molecule has 2 rings (SSSR count). The first kappa shape index (κ1) is 21.4. The zero-order chi connectivity index (χ0) is 20.5. The number of aliphatic carboxylic acids is 1. The number of hydrogen-bond acceptors (Lipinski definition) is 7. The highest BCUT2D eigenvalue weighted by Crippen LogP contribution is 2.28. The number of carboxylic acids is 1. The summed E-state index contributed by atoms with van der Waals surface area (Å²) in [5.41, 5.74) is -1.19. The summed E-state index contributed by atoms with van der Waals surface area (Å²) in [5.74, 6) is -2.09. The van der Waals surface area contributed by atoms with E-state index in [2.05, 4.69) is 10.5 Å². The van der Waals surface area contributed by atoms with Crippen LogP contribution in [0.3, 0.4) is 0 Å². The molecule has 0 atom stereocenters. The Kier molecular flexibility index (Phi) is 6.00. The monoisotopic (exact) mass is 402 g/mol. The van der Waals surface area contributed by atoms with Gasteiger partial charge in [0, 0.05) is 19.3 Å². The van der Waals surface area contributed by atoms with Gasteiger partial charge in [-0.2, -0.15) is 0 Å². The number of rotatable bonds is 7. The Morgan fingerprint density at radius 2 is 1.85 bits per heavy atom. The minimum Gasteiger partial charge on any atom is -0.481 e. The predicted octanol–water partition coefficient (Wildman–Crippen LogP) is 1.60. The van der Waals surface area contributed by atoms with Crippen LogP contribution < -0.4 is 5.32 Å². The second-order valence-electron chi connectivity index (χ2n) is 7.81. The Morgan fingerprint density at radius 3 is 2.41 bits per heavy atom. The van der Waals surface area contributed by atoms with Gasteiger partial charge in [0.1, 0.15) is 15.9 Å². The van der Waals surface area contributed by atoms with Crippen molar-refractivity contribution < 1.29 is 32.4 Å². The van der Waals surface area contributed by atoms with Crippen molar-refractivity contribution in [1.82, 2.24) is 5.16 Å². The van der Waals surface area contributed by atoms with Gasteiger partial charge in [0.15, 0.2) is 9.84 Å². The lowest BCUT2D eigenvalue weighted by Gasteiger charge is -2.28. The summed E-state index contributed by atoms with van der Waals surface area (Å²) < 4.78 is 34.1. The number of carboxylic acid groups (broad SMARTS) is 1. The Morgan fingerprint density at radius 1 is 1.26 bits per heavy atom. The molecule has 0 saturated carbocycles. The molecule has 1 saturated heterocycles. The average Bonchev–Trinajstić information content (AvgIpc) is 3.04. The van der Waals surface area contributed by atoms with Gasteiger partial charge in [-0.25, -0.2) is 8.42 Å². The Hall–Kier alpha value is -1.94. The third-order valence-corrected chi connectivity index (χ3v) is 7.69. The fourth-order valence-electron chi connectivity index (χ4n) is 2.57. The van der Waals surface area contributed by atoms with Crippen LogP contribution in [-0.2, 0) is 29.6 Å². The molecule has 1 aliphatic rings. The van der Waals surface area contributed by atoms with E-state index in [9.17, 15) is 23.1 Å². The standard InChI is InChI=1S/C17H26N2O7S/c1-16(2,15(21)22)12-9-13(26-19-12)18-14(20)17(3,4)27(23,24)10-11-5-7-25-8-6-11/h9,11H,5-8,10H2,1-4H3,(H,18,20)(H,21,22). The van der Waals surface area contributed by atoms with E-state index >= 15 is 0 Å². The lowest BCUT2D eigenvalue weighted by Crippen LogP contribution is -2.47. The Balaban J connectivity index is 2.11. The largest absolute Gasteiger partial charge is 0.481 e. The molecule has 2 N–H and O–H groups in total. The number of anilines is 1. The van der Waals surface area contributed by atoms with Crippen LogP contribution >= 0.6 is 0 Å². The van der Waals surface area contributed by atoms with Crippen LogP contribution in [0, 0.1) is 5.92 Å². The highest BCUT2D eigenvalue weighted by molar-refractivity contribution is 7.93. The summed E-state index contributed by atoms with van der Waals surface area (Å²) in [6.07, 6.45) is 1.29. The molecule has 9 nitrogen and oxygen atoms in total. The van der Waals surface area contributed by atoms with Crippen molar-refractivity contribution in [3.05, 3.63) is 11.8 Å². The third-order valence-electron chi connectivity index (χ3n) is 5.04. The summed E-state index contributed by atoms with van der Waals surface area (Å²) in [6.45, 7) is 6.62. The van der Waals surface area contributed by atoms with Crippen LogP contribution in [0.5, 0.6) is 0 Å². The summed E-state index contributed by atoms with van der Waals surface area (Å²) in [6, 6.07) is 1.28. The first-order valence-electron chi connectivity index (χ1n) is 8.70. The third kappa shape index (κ3) is 4.49. The van der Waals surface area contributed by atoms with E-state index in [1.807, 2.05) is 0 Å². The van der Waals surface area contributed by atoms with Gasteiger partial charge in [0.25, 0.3) is 0 Å². The van der Waals surface area contributed by atoms with Crippen molar-refractivity contribution in [2.45, 2.75) is 50.7 Å². The molecular formula is C17H26N2O7S. The van der Waals surface area contributed by atoms with Gasteiger partial charge in [-0.05, 0) is 46.5 Å². The van der Waals surface area contributed by atoms with Crippen molar-refractivity contribution >= 4 is 27.6 Å². The number of aromatic nitrogens is 1. The van der Waals surface area contributed by atoms with E-state index in [1.165, 1.54) is 33.8 Å². The number of sulfone groups is 1. The molecule has 10 heteroatoms. The Bertz CT molecular complexity index is 805. The van der Waals surface area contributed by atoms with Crippen LogP contribution in [0.15, 0.2) is 10.6 Å². The van der Waals surface area contributed by atoms with Crippen LogP contribution in [-0.4, -0.2) is 54.3 Å². The van der Waals surface area contributed by atoms with Gasteiger partial charge in [-0.1, -0.05) is 5.16 Å². The predicted molar refractivity (Wildman–Crippen MR) is 97.2 cm³/mol. The van der Waals surface area contributed by atoms with Crippen molar-refractivity contribution in [3.8, 4) is 0 Å². The van der Waals surface area contributed by atoms with E-state index in [0.29, 0.717) is 26.1 Å². The SMILES string of the molecule is CC(C)(C(=O)O)c1cc(NC(=O)C(C)(C)S(=O)(=O)CC2CCOCC2)on1. The summed E-state index contributed by atoms with van der Waals surface area (Å²) in [7, 11) is -3.74. The van der Waals surface area contributed by atoms with Crippen LogP contribution in [0.1, 0.15) is 46.2 Å². The topological polar surface area (TPSA) is 136 Å². The fourth-order valence-corrected chi connectivity index (χ4v) is 4.28. The second-order valence-corrected chi connectivity index (χ2v) is 10.4. The maximum absolute atomic E-state index is 12.8. The van der Waals surface area contributed by atoms with E-state index in [-0.39, 0.29) is 23.2 Å². The zero-order valence-corrected chi connectivity index (χ0v) is 16.8. The molecule has 0 bridgehead atoms. The number of nitrogens with zero attached hydrogens (tertiary/aromatic N) is 1. The minimum atomic E-state index is -3.74. The van der Waals surface area contributed by atoms with Crippen LogP contribution in [0.4, 0.5) is 5.88 Å². The van der Waals surface area contributed by atoms with Gasteiger partial charge in [0.05, 0.1) is 5.75 Å². The molecule has 0 radical (unpaired) electrons. The van der Waals surface area contributed by atoms with Crippen molar-refractivity contribution in [1.29, 1.82) is 0 Å². The normalized spacial score (nSPS) is 16.9. The van der Waals surface area contributed by atoms with Gasteiger partial charge >= 0.3 is 5.97 Å². The number of ether oxygens (including phenoxy) is 1. The molecule has 152 valence electrons. The molecule has 0 aliphatic carbocycles. The number of carbonyl (C=O) groups is 2. The molecule has 27 heavy (non-hydrogen) atoms. The van der Waals surface area contributed by atoms with E-state index in [4.69, 9.17) is 9.26 Å². The van der Waals surface area contributed by atoms with Crippen LogP contribution in [0.2, 0.25) is 0 Å². The van der Waals surface area contributed by atoms with E-state index < -0.39 is 31.9 Å². The van der Waals surface area contributed by atoms with Crippen molar-refractivity contribution in [2.75, 3.05) is 24.3 Å². The maximum atomic E-state index is 12.8. The van der Waals surface area contributed by atoms with Crippen molar-refractivity contribution in [2.24, 2.45) is 5.92 Å². The molecular weight excluding hydrogens is 376 g/mol. The average molecular weight is 402 g/mol. The van der Waals surface area contributed by atoms with Crippen molar-refractivity contribution in [3.63, 3.8) is 0 Å². The quantitative estimate of drug-likeness (QED) is 0.702. The maximum Gasteiger partial charge on any atom is 0.315 e. The van der Waals surface area contributed by atoms with Gasteiger partial charge < -0.3 is 14.4 Å². The second kappa shape index (κ2) is 7.59. The van der Waals surface area contributed by atoms with Crippen LogP contribution in [0.25, 0.3) is 0 Å². The number of hydrogen-bond donors (Lipinski definition) is 2. The lowest BCUT2D eigenvalue weighted by atomic mass is 9.90. The van der Waals surface area contributed by atoms with E-state index in [1.54, 1.807) is 0 Å². The molecule has 1 aromatic heterocycles. The number of nitrogens with one attached hydrogen (secondary N) is 1. The number of carbonyl (C=O) groups excluding carboxylic acids is 1. The molecule has 1 aromatic rings. The molecule has 0 aromatic carbocycles. The lowest BCUT2D eigenvalue weighted by molar-refractivity contribution is -0.142. The molecule has 2 heterocycles. The highest BCUT2D eigenvalue weighted by atomic mass is 32.2. The minimum absolute atomic E-state index is 0.0379. The number of amides is 1. The van der Waals surface area contributed by atoms with Gasteiger partial charge in [-0.3, -0.25) is 14.9 Å². The molecule has 0 spiro atoms. The summed E-state index contributed by atoms with van der Waals surface area (Å²) >= 11 is 0. The molecule has 0 unspecified atom stereocenters. The zero-order valence-electron chi connectivity index (χ0n) is 15.9. The first-order valence-corrected chi connectivity index (χ1v) is 10.4. The molecule has 1 aliphatic heterocycles. The molecule has 1 amide bonds. The van der Waals surface area contributed by atoms with E-state index in [0.717, 1.165) is 0 Å². The van der Waals surface area contributed by atoms with Gasteiger partial charge in [0.2, 0.25) is 11.8 Å². The summed E-state index contributed by atoms with van der Waals surface area (Å²) in [4.78, 5) is 23.9. The highest BCUT2D eigenvalue weighted by Gasteiger charge is 2.43. The van der Waals surface area contributed by atoms with Gasteiger partial charge in [-0.15, -0.1) is 0 Å². The first-order chi connectivity index (χ1) is 12.4. The smallest absolute Gasteiger partial charge is 0.315 e. The molecule has 1 fully saturated rings.